The van der Waals surface area contributed by atoms with Crippen LogP contribution in [0.5, 0.6) is 0 Å². The van der Waals surface area contributed by atoms with Gasteiger partial charge in [0.1, 0.15) is 0 Å². The highest BCUT2D eigenvalue weighted by atomic mass is 79.9. The summed E-state index contributed by atoms with van der Waals surface area (Å²) in [6.45, 7) is 0. The van der Waals surface area contributed by atoms with Crippen LogP contribution in [0.3, 0.4) is 0 Å². The fourth-order valence-corrected chi connectivity index (χ4v) is 2.23. The highest BCUT2D eigenvalue weighted by molar-refractivity contribution is 9.10. The van der Waals surface area contributed by atoms with Crippen LogP contribution in [0.25, 0.3) is 10.9 Å². The number of hydrogen-bond donors (Lipinski definition) is 0. The molecule has 0 saturated heterocycles. The van der Waals surface area contributed by atoms with Crippen molar-refractivity contribution in [3.05, 3.63) is 40.5 Å². The van der Waals surface area contributed by atoms with Crippen LogP contribution < -0.4 is 0 Å². The van der Waals surface area contributed by atoms with Crippen LogP contribution in [0.4, 0.5) is 0 Å². The lowest BCUT2D eigenvalue weighted by molar-refractivity contribution is 1.17. The van der Waals surface area contributed by atoms with E-state index in [4.69, 9.17) is 0 Å². The van der Waals surface area contributed by atoms with Crippen LogP contribution in [0.2, 0.25) is 0 Å². The minimum Gasteiger partial charge on any atom is -0.255 e. The molecule has 0 aliphatic heterocycles. The standard InChI is InChI=1S/C11H9Br2N/c12-4-3-8-1-2-11-9(5-8)6-10(13)7-14-11/h1-2,5-7H,3-4H2. The lowest BCUT2D eigenvalue weighted by atomic mass is 10.1. The van der Waals surface area contributed by atoms with Crippen LogP contribution in [0, 0.1) is 0 Å². The number of fused-ring (bicyclic) bond motifs is 1. The zero-order valence-electron chi connectivity index (χ0n) is 7.50. The Kier molecular flexibility index (Phi) is 3.19. The van der Waals surface area contributed by atoms with Gasteiger partial charge in [-0.25, -0.2) is 0 Å². The van der Waals surface area contributed by atoms with Crippen molar-refractivity contribution >= 4 is 42.8 Å². The number of hydrogen-bond acceptors (Lipinski definition) is 1. The smallest absolute Gasteiger partial charge is 0.0703 e. The van der Waals surface area contributed by atoms with E-state index in [0.717, 1.165) is 21.7 Å². The van der Waals surface area contributed by atoms with Crippen LogP contribution in [-0.2, 0) is 6.42 Å². The van der Waals surface area contributed by atoms with Gasteiger partial charge in [0, 0.05) is 21.4 Å². The zero-order valence-corrected chi connectivity index (χ0v) is 10.7. The lowest BCUT2D eigenvalue weighted by Gasteiger charge is -2.01. The summed E-state index contributed by atoms with van der Waals surface area (Å²) in [7, 11) is 0. The highest BCUT2D eigenvalue weighted by Gasteiger charge is 1.98. The highest BCUT2D eigenvalue weighted by Crippen LogP contribution is 2.18. The van der Waals surface area contributed by atoms with Crippen molar-refractivity contribution in [2.24, 2.45) is 0 Å². The average molecular weight is 315 g/mol. The predicted octanol–water partition coefficient (Wildman–Crippen LogP) is 3.93. The molecule has 0 radical (unpaired) electrons. The van der Waals surface area contributed by atoms with Crippen molar-refractivity contribution in [2.45, 2.75) is 6.42 Å². The first-order valence-corrected chi connectivity index (χ1v) is 6.31. The molecule has 0 fully saturated rings. The molecule has 0 aliphatic rings. The molecular formula is C11H9Br2N. The number of aryl methyl sites for hydroxylation is 1. The molecule has 1 aromatic carbocycles. The second kappa shape index (κ2) is 4.41. The Bertz CT molecular complexity index is 454. The van der Waals surface area contributed by atoms with Crippen LogP contribution in [0.15, 0.2) is 34.9 Å². The molecule has 1 nitrogen and oxygen atoms in total. The van der Waals surface area contributed by atoms with Gasteiger partial charge in [-0.1, -0.05) is 22.0 Å². The molecule has 0 spiro atoms. The van der Waals surface area contributed by atoms with Crippen LogP contribution in [-0.4, -0.2) is 10.3 Å². The topological polar surface area (TPSA) is 12.9 Å². The predicted molar refractivity (Wildman–Crippen MR) is 66.9 cm³/mol. The van der Waals surface area contributed by atoms with E-state index in [-0.39, 0.29) is 0 Å². The molecule has 0 amide bonds. The first-order chi connectivity index (χ1) is 6.79. The maximum absolute atomic E-state index is 4.32. The van der Waals surface area contributed by atoms with Gasteiger partial charge >= 0.3 is 0 Å². The molecule has 14 heavy (non-hydrogen) atoms. The van der Waals surface area contributed by atoms with E-state index in [1.165, 1.54) is 10.9 Å². The SMILES string of the molecule is BrCCc1ccc2ncc(Br)cc2c1. The van der Waals surface area contributed by atoms with E-state index in [9.17, 15) is 0 Å². The Morgan fingerprint density at radius 1 is 1.21 bits per heavy atom. The maximum Gasteiger partial charge on any atom is 0.0703 e. The molecular weight excluding hydrogens is 306 g/mol. The Balaban J connectivity index is 2.52. The fraction of sp³-hybridized carbons (Fsp3) is 0.182. The van der Waals surface area contributed by atoms with E-state index in [1.807, 2.05) is 6.20 Å². The Hall–Kier alpha value is -0.410. The molecule has 0 aliphatic carbocycles. The second-order valence-electron chi connectivity index (χ2n) is 3.12. The summed E-state index contributed by atoms with van der Waals surface area (Å²) in [6, 6.07) is 8.48. The van der Waals surface area contributed by atoms with Gasteiger partial charge < -0.3 is 0 Å². The summed E-state index contributed by atoms with van der Waals surface area (Å²) < 4.78 is 1.03. The Morgan fingerprint density at radius 3 is 2.86 bits per heavy atom. The third-order valence-electron chi connectivity index (χ3n) is 2.10. The molecule has 0 bridgehead atoms. The third kappa shape index (κ3) is 2.15. The molecule has 2 rings (SSSR count). The van der Waals surface area contributed by atoms with Gasteiger partial charge in [0.25, 0.3) is 0 Å². The van der Waals surface area contributed by atoms with E-state index >= 15 is 0 Å². The van der Waals surface area contributed by atoms with Gasteiger partial charge in [0.05, 0.1) is 5.52 Å². The van der Waals surface area contributed by atoms with Crippen molar-refractivity contribution in [1.82, 2.24) is 4.98 Å². The van der Waals surface area contributed by atoms with Crippen molar-refractivity contribution in [3.8, 4) is 0 Å². The normalized spacial score (nSPS) is 10.7. The van der Waals surface area contributed by atoms with Crippen molar-refractivity contribution in [2.75, 3.05) is 5.33 Å². The number of aromatic nitrogens is 1. The van der Waals surface area contributed by atoms with Crippen molar-refractivity contribution < 1.29 is 0 Å². The third-order valence-corrected chi connectivity index (χ3v) is 2.93. The molecule has 0 saturated carbocycles. The molecule has 0 unspecified atom stereocenters. The number of pyridine rings is 1. The van der Waals surface area contributed by atoms with Crippen molar-refractivity contribution in [1.29, 1.82) is 0 Å². The molecule has 3 heteroatoms. The minimum atomic E-state index is 1.000. The van der Waals surface area contributed by atoms with E-state index in [1.54, 1.807) is 0 Å². The molecule has 0 N–H and O–H groups in total. The first kappa shape index (κ1) is 10.1. The monoisotopic (exact) mass is 313 g/mol. The zero-order chi connectivity index (χ0) is 9.97. The van der Waals surface area contributed by atoms with E-state index in [2.05, 4.69) is 61.1 Å². The average Bonchev–Trinajstić information content (AvgIpc) is 2.17. The van der Waals surface area contributed by atoms with E-state index in [0.29, 0.717) is 0 Å². The number of nitrogens with zero attached hydrogens (tertiary/aromatic N) is 1. The molecule has 1 aromatic heterocycles. The summed E-state index contributed by atoms with van der Waals surface area (Å²) in [4.78, 5) is 4.32. The van der Waals surface area contributed by atoms with Gasteiger partial charge in [-0.15, -0.1) is 0 Å². The van der Waals surface area contributed by atoms with Gasteiger partial charge in [-0.3, -0.25) is 4.98 Å². The second-order valence-corrected chi connectivity index (χ2v) is 4.83. The maximum atomic E-state index is 4.32. The van der Waals surface area contributed by atoms with Gasteiger partial charge in [0.2, 0.25) is 0 Å². The van der Waals surface area contributed by atoms with Gasteiger partial charge in [-0.05, 0) is 46.1 Å². The number of rotatable bonds is 2. The summed E-state index contributed by atoms with van der Waals surface area (Å²) >= 11 is 6.86. The number of benzene rings is 1. The van der Waals surface area contributed by atoms with Crippen LogP contribution >= 0.6 is 31.9 Å². The lowest BCUT2D eigenvalue weighted by Crippen LogP contribution is -1.86. The summed E-state index contributed by atoms with van der Waals surface area (Å²) in [5, 5.41) is 2.19. The molecule has 72 valence electrons. The number of alkyl halides is 1. The quantitative estimate of drug-likeness (QED) is 0.765. The molecule has 1 heterocycles. The Labute approximate surface area is 99.8 Å². The molecule has 0 atom stereocenters. The minimum absolute atomic E-state index is 1.000. The fourth-order valence-electron chi connectivity index (χ4n) is 1.42. The number of halogens is 2. The van der Waals surface area contributed by atoms with Crippen LogP contribution in [0.1, 0.15) is 5.56 Å². The summed E-state index contributed by atoms with van der Waals surface area (Å²) in [6.07, 6.45) is 2.88. The summed E-state index contributed by atoms with van der Waals surface area (Å²) in [5.41, 5.74) is 2.39. The summed E-state index contributed by atoms with van der Waals surface area (Å²) in [5.74, 6) is 0. The molecule has 2 aromatic rings. The van der Waals surface area contributed by atoms with Crippen molar-refractivity contribution in [3.63, 3.8) is 0 Å². The van der Waals surface area contributed by atoms with Gasteiger partial charge in [0.15, 0.2) is 0 Å². The van der Waals surface area contributed by atoms with E-state index < -0.39 is 0 Å². The first-order valence-electron chi connectivity index (χ1n) is 4.40. The largest absolute Gasteiger partial charge is 0.255 e. The van der Waals surface area contributed by atoms with Gasteiger partial charge in [-0.2, -0.15) is 0 Å². The Morgan fingerprint density at radius 2 is 2.07 bits per heavy atom.